The third kappa shape index (κ3) is 2.90. The first-order chi connectivity index (χ1) is 11.3. The molecule has 0 atom stereocenters. The van der Waals surface area contributed by atoms with Gasteiger partial charge in [0.2, 0.25) is 0 Å². The number of aromatic nitrogens is 3. The number of fused-ring (bicyclic) bond motifs is 1. The number of hydrogen-bond acceptors (Lipinski definition) is 5. The molecule has 23 heavy (non-hydrogen) atoms. The van der Waals surface area contributed by atoms with E-state index in [9.17, 15) is 4.79 Å². The molecule has 0 spiro atoms. The minimum absolute atomic E-state index is 0.0275. The predicted molar refractivity (Wildman–Crippen MR) is 85.2 cm³/mol. The maximum Gasteiger partial charge on any atom is 0.258 e. The fourth-order valence-corrected chi connectivity index (χ4v) is 3.19. The highest BCUT2D eigenvalue weighted by molar-refractivity contribution is 5.37. The Bertz CT molecular complexity index is 848. The van der Waals surface area contributed by atoms with Gasteiger partial charge in [0.05, 0.1) is 11.9 Å². The van der Waals surface area contributed by atoms with Crippen LogP contribution in [-0.2, 0) is 6.54 Å². The van der Waals surface area contributed by atoms with Gasteiger partial charge in [-0.3, -0.25) is 14.1 Å². The molecule has 1 fully saturated rings. The average molecular weight is 310 g/mol. The van der Waals surface area contributed by atoms with Crippen LogP contribution in [0.2, 0.25) is 0 Å². The molecule has 3 aromatic heterocycles. The molecule has 0 amide bonds. The summed E-state index contributed by atoms with van der Waals surface area (Å²) in [6.45, 7) is 2.63. The quantitative estimate of drug-likeness (QED) is 0.741. The van der Waals surface area contributed by atoms with E-state index in [1.807, 2.05) is 18.2 Å². The summed E-state index contributed by atoms with van der Waals surface area (Å²) < 4.78 is 6.97. The molecule has 0 unspecified atom stereocenters. The molecule has 0 aliphatic carbocycles. The van der Waals surface area contributed by atoms with Gasteiger partial charge >= 0.3 is 0 Å². The van der Waals surface area contributed by atoms with Gasteiger partial charge in [-0.2, -0.15) is 0 Å². The van der Waals surface area contributed by atoms with Crippen molar-refractivity contribution in [3.8, 4) is 0 Å². The van der Waals surface area contributed by atoms with Crippen LogP contribution >= 0.6 is 0 Å². The lowest BCUT2D eigenvalue weighted by Crippen LogP contribution is -2.33. The van der Waals surface area contributed by atoms with Crippen molar-refractivity contribution in [3.63, 3.8) is 0 Å². The van der Waals surface area contributed by atoms with Crippen LogP contribution in [0.4, 0.5) is 0 Å². The van der Waals surface area contributed by atoms with Crippen molar-refractivity contribution in [2.45, 2.75) is 25.3 Å². The number of pyridine rings is 1. The van der Waals surface area contributed by atoms with Crippen LogP contribution in [0.25, 0.3) is 5.65 Å². The van der Waals surface area contributed by atoms with Gasteiger partial charge in [0.25, 0.3) is 5.56 Å². The molecular formula is C17H18N4O2. The van der Waals surface area contributed by atoms with Crippen LogP contribution in [0.15, 0.2) is 52.1 Å². The van der Waals surface area contributed by atoms with Crippen molar-refractivity contribution < 1.29 is 4.42 Å². The maximum atomic E-state index is 12.1. The van der Waals surface area contributed by atoms with Gasteiger partial charge in [-0.05, 0) is 38.1 Å². The second-order valence-corrected chi connectivity index (χ2v) is 5.94. The van der Waals surface area contributed by atoms with Crippen LogP contribution in [0.5, 0.6) is 0 Å². The van der Waals surface area contributed by atoms with Crippen molar-refractivity contribution in [3.05, 3.63) is 64.9 Å². The fourth-order valence-electron chi connectivity index (χ4n) is 3.19. The van der Waals surface area contributed by atoms with E-state index >= 15 is 0 Å². The lowest BCUT2D eigenvalue weighted by Gasteiger charge is -2.30. The van der Waals surface area contributed by atoms with Crippen molar-refractivity contribution in [2.75, 3.05) is 13.1 Å². The van der Waals surface area contributed by atoms with Crippen LogP contribution < -0.4 is 5.56 Å². The van der Waals surface area contributed by atoms with Crippen LogP contribution in [0.3, 0.4) is 0 Å². The Morgan fingerprint density at radius 2 is 2.13 bits per heavy atom. The molecular weight excluding hydrogens is 292 g/mol. The van der Waals surface area contributed by atoms with Gasteiger partial charge in [0.1, 0.15) is 11.9 Å². The van der Waals surface area contributed by atoms with Crippen molar-refractivity contribution in [1.82, 2.24) is 19.3 Å². The van der Waals surface area contributed by atoms with E-state index in [-0.39, 0.29) is 5.56 Å². The second kappa shape index (κ2) is 5.96. The van der Waals surface area contributed by atoms with Gasteiger partial charge in [-0.25, -0.2) is 9.97 Å². The molecule has 6 heteroatoms. The first-order valence-corrected chi connectivity index (χ1v) is 7.89. The SMILES string of the molecule is O=c1cc(CN2CCC(c3ncco3)CC2)nc2ccccn12. The first kappa shape index (κ1) is 14.1. The number of piperidine rings is 1. The summed E-state index contributed by atoms with van der Waals surface area (Å²) in [6.07, 6.45) is 7.12. The summed E-state index contributed by atoms with van der Waals surface area (Å²) in [5.74, 6) is 1.24. The number of oxazole rings is 1. The highest BCUT2D eigenvalue weighted by Crippen LogP contribution is 2.27. The van der Waals surface area contributed by atoms with Crippen LogP contribution in [0.1, 0.15) is 30.3 Å². The van der Waals surface area contributed by atoms with E-state index in [0.29, 0.717) is 18.1 Å². The number of rotatable bonds is 3. The van der Waals surface area contributed by atoms with E-state index in [1.54, 1.807) is 29.1 Å². The molecule has 0 bridgehead atoms. The Kier molecular flexibility index (Phi) is 3.67. The molecule has 118 valence electrons. The van der Waals surface area contributed by atoms with Gasteiger partial charge in [0.15, 0.2) is 5.89 Å². The summed E-state index contributed by atoms with van der Waals surface area (Å²) in [6, 6.07) is 7.23. The zero-order valence-electron chi connectivity index (χ0n) is 12.8. The molecule has 0 aromatic carbocycles. The monoisotopic (exact) mass is 310 g/mol. The summed E-state index contributed by atoms with van der Waals surface area (Å²) >= 11 is 0. The summed E-state index contributed by atoms with van der Waals surface area (Å²) in [4.78, 5) is 23.3. The molecule has 0 N–H and O–H groups in total. The zero-order valence-corrected chi connectivity index (χ0v) is 12.8. The minimum Gasteiger partial charge on any atom is -0.449 e. The first-order valence-electron chi connectivity index (χ1n) is 7.89. The highest BCUT2D eigenvalue weighted by Gasteiger charge is 2.23. The Balaban J connectivity index is 1.46. The molecule has 4 rings (SSSR count). The van der Waals surface area contributed by atoms with E-state index in [1.165, 1.54) is 0 Å². The third-order valence-electron chi connectivity index (χ3n) is 4.40. The lowest BCUT2D eigenvalue weighted by molar-refractivity contribution is 0.191. The Hall–Kier alpha value is -2.47. The number of nitrogens with zero attached hydrogens (tertiary/aromatic N) is 4. The van der Waals surface area contributed by atoms with Crippen molar-refractivity contribution in [2.24, 2.45) is 0 Å². The topological polar surface area (TPSA) is 63.6 Å². The Morgan fingerprint density at radius 3 is 2.91 bits per heavy atom. The molecule has 6 nitrogen and oxygen atoms in total. The molecule has 1 saturated heterocycles. The Labute approximate surface area is 133 Å². The van der Waals surface area contributed by atoms with Gasteiger partial charge in [-0.1, -0.05) is 6.07 Å². The Morgan fingerprint density at radius 1 is 1.26 bits per heavy atom. The number of likely N-dealkylation sites (tertiary alicyclic amines) is 1. The number of hydrogen-bond donors (Lipinski definition) is 0. The highest BCUT2D eigenvalue weighted by atomic mass is 16.3. The molecule has 4 heterocycles. The fraction of sp³-hybridized carbons (Fsp3) is 0.353. The lowest BCUT2D eigenvalue weighted by atomic mass is 9.97. The maximum absolute atomic E-state index is 12.1. The van der Waals surface area contributed by atoms with Gasteiger partial charge in [-0.15, -0.1) is 0 Å². The minimum atomic E-state index is -0.0275. The van der Waals surface area contributed by atoms with Gasteiger partial charge < -0.3 is 4.42 Å². The van der Waals surface area contributed by atoms with E-state index in [2.05, 4.69) is 14.9 Å². The third-order valence-corrected chi connectivity index (χ3v) is 4.40. The largest absolute Gasteiger partial charge is 0.449 e. The van der Waals surface area contributed by atoms with E-state index in [0.717, 1.165) is 37.5 Å². The summed E-state index contributed by atoms with van der Waals surface area (Å²) in [7, 11) is 0. The molecule has 0 radical (unpaired) electrons. The van der Waals surface area contributed by atoms with E-state index < -0.39 is 0 Å². The molecule has 1 aliphatic rings. The summed E-state index contributed by atoms with van der Waals surface area (Å²) in [5, 5.41) is 0. The zero-order chi connectivity index (χ0) is 15.6. The summed E-state index contributed by atoms with van der Waals surface area (Å²) in [5.41, 5.74) is 1.50. The van der Waals surface area contributed by atoms with Crippen molar-refractivity contribution in [1.29, 1.82) is 0 Å². The van der Waals surface area contributed by atoms with E-state index in [4.69, 9.17) is 4.42 Å². The molecule has 0 saturated carbocycles. The van der Waals surface area contributed by atoms with Crippen molar-refractivity contribution >= 4 is 5.65 Å². The predicted octanol–water partition coefficient (Wildman–Crippen LogP) is 2.06. The van der Waals surface area contributed by atoms with Gasteiger partial charge in [0, 0.05) is 24.7 Å². The second-order valence-electron chi connectivity index (χ2n) is 5.94. The van der Waals surface area contributed by atoms with Crippen LogP contribution in [0, 0.1) is 0 Å². The average Bonchev–Trinajstić information content (AvgIpc) is 3.10. The molecule has 3 aromatic rings. The molecule has 1 aliphatic heterocycles. The smallest absolute Gasteiger partial charge is 0.258 e. The van der Waals surface area contributed by atoms with Crippen LogP contribution in [-0.4, -0.2) is 32.4 Å². The standard InChI is InChI=1S/C17H18N4O2/c22-16-11-14(19-15-3-1-2-7-21(15)16)12-20-8-4-13(5-9-20)17-18-6-10-23-17/h1-3,6-7,10-11,13H,4-5,8-9,12H2. The normalized spacial score (nSPS) is 16.9.